The van der Waals surface area contributed by atoms with Crippen LogP contribution < -0.4 is 4.57 Å². The fourth-order valence-electron chi connectivity index (χ4n) is 4.91. The van der Waals surface area contributed by atoms with Gasteiger partial charge in [0.1, 0.15) is 35.8 Å². The van der Waals surface area contributed by atoms with E-state index in [-0.39, 0.29) is 0 Å². The van der Waals surface area contributed by atoms with Gasteiger partial charge in [-0.1, -0.05) is 35.9 Å². The molecule has 3 heteroatoms. The Balaban J connectivity index is 1.64. The van der Waals surface area contributed by atoms with Crippen molar-refractivity contribution >= 4 is 21.9 Å². The second kappa shape index (κ2) is 5.35. The monoisotopic (exact) mass is 365 g/mol. The van der Waals surface area contributed by atoms with Gasteiger partial charge in [-0.15, -0.1) is 0 Å². The van der Waals surface area contributed by atoms with Crippen molar-refractivity contribution in [2.24, 2.45) is 0 Å². The van der Waals surface area contributed by atoms with Crippen molar-refractivity contribution in [3.8, 4) is 17.1 Å². The number of hydrogen-bond acceptors (Lipinski definition) is 1. The Morgan fingerprint density at radius 3 is 2.50 bits per heavy atom. The van der Waals surface area contributed by atoms with Crippen molar-refractivity contribution in [3.63, 3.8) is 0 Å². The SMILES string of the molecule is Cc1cc(C)c(-n2cc[n+]3c2-c2cc4c(cc2C3)oc2ccccc24)c(C)c1. The van der Waals surface area contributed by atoms with Gasteiger partial charge in [0.25, 0.3) is 5.82 Å². The molecule has 0 fully saturated rings. The minimum Gasteiger partial charge on any atom is -0.456 e. The maximum Gasteiger partial charge on any atom is 0.294 e. The van der Waals surface area contributed by atoms with Crippen molar-refractivity contribution in [2.75, 3.05) is 0 Å². The van der Waals surface area contributed by atoms with E-state index in [1.54, 1.807) is 0 Å². The summed E-state index contributed by atoms with van der Waals surface area (Å²) in [6, 6.07) is 17.4. The molecule has 0 saturated heterocycles. The third-order valence-corrected chi connectivity index (χ3v) is 5.96. The summed E-state index contributed by atoms with van der Waals surface area (Å²) in [5.74, 6) is 1.25. The largest absolute Gasteiger partial charge is 0.456 e. The van der Waals surface area contributed by atoms with Gasteiger partial charge in [-0.2, -0.15) is 4.57 Å². The van der Waals surface area contributed by atoms with Crippen molar-refractivity contribution < 1.29 is 8.98 Å². The van der Waals surface area contributed by atoms with Crippen LogP contribution in [0.4, 0.5) is 0 Å². The average molecular weight is 365 g/mol. The number of furan rings is 1. The highest BCUT2D eigenvalue weighted by Crippen LogP contribution is 2.37. The normalized spacial score (nSPS) is 12.7. The second-order valence-electron chi connectivity index (χ2n) is 7.97. The predicted octanol–water partition coefficient (Wildman–Crippen LogP) is 5.62. The van der Waals surface area contributed by atoms with E-state index in [9.17, 15) is 0 Å². The third-order valence-electron chi connectivity index (χ3n) is 5.96. The zero-order valence-electron chi connectivity index (χ0n) is 16.3. The van der Waals surface area contributed by atoms with Crippen LogP contribution in [-0.4, -0.2) is 4.57 Å². The number of aryl methyl sites for hydroxylation is 3. The quantitative estimate of drug-likeness (QED) is 0.347. The topological polar surface area (TPSA) is 21.9 Å². The lowest BCUT2D eigenvalue weighted by molar-refractivity contribution is -0.671. The molecular weight excluding hydrogens is 344 g/mol. The van der Waals surface area contributed by atoms with Crippen LogP contribution in [0.15, 0.2) is 65.3 Å². The van der Waals surface area contributed by atoms with Crippen LogP contribution in [0, 0.1) is 20.8 Å². The molecule has 0 saturated carbocycles. The maximum atomic E-state index is 6.10. The predicted molar refractivity (Wildman–Crippen MR) is 112 cm³/mol. The molecule has 0 unspecified atom stereocenters. The number of benzene rings is 3. The number of hydrogen-bond donors (Lipinski definition) is 0. The molecule has 2 aromatic heterocycles. The van der Waals surface area contributed by atoms with Gasteiger partial charge in [-0.25, -0.2) is 4.57 Å². The molecule has 1 aliphatic rings. The molecule has 0 N–H and O–H groups in total. The number of fused-ring (bicyclic) bond motifs is 6. The fourth-order valence-corrected chi connectivity index (χ4v) is 4.91. The Morgan fingerprint density at radius 2 is 1.68 bits per heavy atom. The highest BCUT2D eigenvalue weighted by Gasteiger charge is 2.32. The van der Waals surface area contributed by atoms with Gasteiger partial charge in [0.2, 0.25) is 0 Å². The van der Waals surface area contributed by atoms with Crippen molar-refractivity contribution in [2.45, 2.75) is 27.3 Å². The molecule has 0 spiro atoms. The molecule has 3 aromatic carbocycles. The van der Waals surface area contributed by atoms with Gasteiger partial charge in [0.15, 0.2) is 0 Å². The van der Waals surface area contributed by atoms with Crippen LogP contribution >= 0.6 is 0 Å². The molecule has 3 nitrogen and oxygen atoms in total. The Bertz CT molecular complexity index is 1390. The number of para-hydroxylation sites is 1. The summed E-state index contributed by atoms with van der Waals surface area (Å²) >= 11 is 0. The summed E-state index contributed by atoms with van der Waals surface area (Å²) in [7, 11) is 0. The standard InChI is InChI=1S/C25H21N2O/c1-15-10-16(2)24(17(3)11-15)27-9-8-26-14-18-12-23-21(13-20(18)25(26)27)19-6-4-5-7-22(19)28-23/h4-13H,14H2,1-3H3/q+1. The van der Waals surface area contributed by atoms with Gasteiger partial charge in [-0.05, 0) is 50.1 Å². The molecule has 0 radical (unpaired) electrons. The van der Waals surface area contributed by atoms with E-state index in [4.69, 9.17) is 4.42 Å². The first-order valence-corrected chi connectivity index (χ1v) is 9.74. The molecule has 0 aliphatic carbocycles. The summed E-state index contributed by atoms with van der Waals surface area (Å²) in [5, 5.41) is 2.37. The summed E-state index contributed by atoms with van der Waals surface area (Å²) in [4.78, 5) is 0. The summed E-state index contributed by atoms with van der Waals surface area (Å²) in [6.07, 6.45) is 4.38. The van der Waals surface area contributed by atoms with E-state index in [0.29, 0.717) is 0 Å². The average Bonchev–Trinajstić information content (AvgIpc) is 3.31. The molecule has 3 heterocycles. The first-order chi connectivity index (χ1) is 13.6. The second-order valence-corrected chi connectivity index (χ2v) is 7.97. The fraction of sp³-hybridized carbons (Fsp3) is 0.160. The highest BCUT2D eigenvalue weighted by atomic mass is 16.3. The molecule has 136 valence electrons. The van der Waals surface area contributed by atoms with E-state index in [2.05, 4.69) is 78.7 Å². The number of imidazole rings is 1. The number of aromatic nitrogens is 2. The third kappa shape index (κ3) is 2.02. The summed E-state index contributed by atoms with van der Waals surface area (Å²) in [5.41, 5.74) is 9.74. The first kappa shape index (κ1) is 15.7. The Kier molecular flexibility index (Phi) is 3.00. The van der Waals surface area contributed by atoms with E-state index >= 15 is 0 Å². The lowest BCUT2D eigenvalue weighted by Crippen LogP contribution is -2.30. The molecule has 0 atom stereocenters. The van der Waals surface area contributed by atoms with Crippen LogP contribution in [0.3, 0.4) is 0 Å². The molecule has 0 amide bonds. The van der Waals surface area contributed by atoms with Gasteiger partial charge < -0.3 is 4.42 Å². The highest BCUT2D eigenvalue weighted by molar-refractivity contribution is 6.06. The van der Waals surface area contributed by atoms with Crippen LogP contribution in [0.2, 0.25) is 0 Å². The Hall–Kier alpha value is -3.33. The van der Waals surface area contributed by atoms with Gasteiger partial charge >= 0.3 is 0 Å². The molecular formula is C25H21N2O+. The molecule has 28 heavy (non-hydrogen) atoms. The van der Waals surface area contributed by atoms with E-state index < -0.39 is 0 Å². The summed E-state index contributed by atoms with van der Waals surface area (Å²) in [6.45, 7) is 7.45. The van der Waals surface area contributed by atoms with Gasteiger partial charge in [-0.3, -0.25) is 0 Å². The van der Waals surface area contributed by atoms with Gasteiger partial charge in [0.05, 0.1) is 5.56 Å². The lowest BCUT2D eigenvalue weighted by atomic mass is 10.0. The van der Waals surface area contributed by atoms with E-state index in [1.807, 2.05) is 12.1 Å². The zero-order valence-corrected chi connectivity index (χ0v) is 16.3. The lowest BCUT2D eigenvalue weighted by Gasteiger charge is -2.09. The first-order valence-electron chi connectivity index (χ1n) is 9.74. The molecule has 5 aromatic rings. The molecule has 0 bridgehead atoms. The van der Waals surface area contributed by atoms with Crippen LogP contribution in [0.5, 0.6) is 0 Å². The molecule has 6 rings (SSSR count). The summed E-state index contributed by atoms with van der Waals surface area (Å²) < 4.78 is 10.8. The van der Waals surface area contributed by atoms with Crippen LogP contribution in [0.25, 0.3) is 39.0 Å². The number of nitrogens with zero attached hydrogens (tertiary/aromatic N) is 2. The smallest absolute Gasteiger partial charge is 0.294 e. The van der Waals surface area contributed by atoms with E-state index in [1.165, 1.54) is 50.1 Å². The molecule has 1 aliphatic heterocycles. The van der Waals surface area contributed by atoms with Crippen molar-refractivity contribution in [3.05, 3.63) is 83.2 Å². The van der Waals surface area contributed by atoms with Crippen LogP contribution in [0.1, 0.15) is 22.3 Å². The van der Waals surface area contributed by atoms with Crippen molar-refractivity contribution in [1.82, 2.24) is 4.57 Å². The van der Waals surface area contributed by atoms with Crippen molar-refractivity contribution in [1.29, 1.82) is 0 Å². The maximum absolute atomic E-state index is 6.10. The number of rotatable bonds is 1. The minimum atomic E-state index is 0.884. The minimum absolute atomic E-state index is 0.884. The van der Waals surface area contributed by atoms with Crippen LogP contribution in [-0.2, 0) is 6.54 Å². The Labute approximate surface area is 163 Å². The Morgan fingerprint density at radius 1 is 0.893 bits per heavy atom. The zero-order chi connectivity index (χ0) is 19.0. The van der Waals surface area contributed by atoms with E-state index in [0.717, 1.165) is 17.7 Å². The van der Waals surface area contributed by atoms with Gasteiger partial charge in [0, 0.05) is 16.3 Å².